The maximum Gasteiger partial charge on any atom is 0.336 e. The van der Waals surface area contributed by atoms with E-state index in [-0.39, 0.29) is 11.4 Å². The van der Waals surface area contributed by atoms with Crippen LogP contribution in [0.2, 0.25) is 0 Å². The number of carbonyl (C=O) groups excluding carboxylic acids is 1. The summed E-state index contributed by atoms with van der Waals surface area (Å²) in [5.74, 6) is 0.379. The van der Waals surface area contributed by atoms with E-state index in [1.165, 1.54) is 30.3 Å². The molecule has 150 valence electrons. The largest absolute Gasteiger partial charge is 0.497 e. The first-order valence-corrected chi connectivity index (χ1v) is 9.11. The van der Waals surface area contributed by atoms with Gasteiger partial charge in [0.25, 0.3) is 5.69 Å². The number of esters is 1. The van der Waals surface area contributed by atoms with E-state index in [2.05, 4.69) is 0 Å². The summed E-state index contributed by atoms with van der Waals surface area (Å²) in [6, 6.07) is 22.7. The molecule has 0 N–H and O–H groups in total. The molecule has 0 aliphatic carbocycles. The molecule has 0 fully saturated rings. The summed E-state index contributed by atoms with van der Waals surface area (Å²) in [5, 5.41) is 10.7. The van der Waals surface area contributed by atoms with Crippen LogP contribution in [0, 0.1) is 10.1 Å². The maximum absolute atomic E-state index is 12.1. The van der Waals surface area contributed by atoms with Gasteiger partial charge in [0.05, 0.1) is 12.0 Å². The number of benzene rings is 3. The number of nitro benzene ring substituents is 1. The van der Waals surface area contributed by atoms with Crippen LogP contribution in [-0.4, -0.2) is 18.0 Å². The fraction of sp³-hybridized carbons (Fsp3) is 0.0417. The second-order valence-electron chi connectivity index (χ2n) is 6.21. The number of non-ortho nitro benzene ring substituents is 1. The van der Waals surface area contributed by atoms with Gasteiger partial charge >= 0.3 is 5.97 Å². The van der Waals surface area contributed by atoms with Crippen molar-refractivity contribution in [2.75, 3.05) is 7.11 Å². The van der Waals surface area contributed by atoms with Crippen molar-refractivity contribution in [1.82, 2.24) is 0 Å². The van der Waals surface area contributed by atoms with Gasteiger partial charge < -0.3 is 9.47 Å². The summed E-state index contributed by atoms with van der Waals surface area (Å²) in [6.45, 7) is 0. The van der Waals surface area contributed by atoms with Crippen LogP contribution in [0.15, 0.2) is 97.1 Å². The van der Waals surface area contributed by atoms with Crippen LogP contribution in [0.25, 0.3) is 5.57 Å². The molecule has 0 aromatic heterocycles. The van der Waals surface area contributed by atoms with Gasteiger partial charge in [0, 0.05) is 18.2 Å². The van der Waals surface area contributed by atoms with Crippen molar-refractivity contribution in [1.29, 1.82) is 0 Å². The molecular weight excluding hydrogens is 382 g/mol. The minimum absolute atomic E-state index is 0.0703. The summed E-state index contributed by atoms with van der Waals surface area (Å²) in [6.07, 6.45) is 4.72. The number of carbonyl (C=O) groups is 1. The number of nitro groups is 1. The van der Waals surface area contributed by atoms with Crippen molar-refractivity contribution < 1.29 is 19.2 Å². The monoisotopic (exact) mass is 401 g/mol. The number of hydrogen-bond acceptors (Lipinski definition) is 5. The van der Waals surface area contributed by atoms with Crippen molar-refractivity contribution in [3.63, 3.8) is 0 Å². The van der Waals surface area contributed by atoms with Gasteiger partial charge in [-0.2, -0.15) is 0 Å². The SMILES string of the molecule is COc1cccc(/C(=C/C=C/C(=O)Oc2ccc([N+](=O)[O-])cc2)c2ccccc2)c1. The van der Waals surface area contributed by atoms with Gasteiger partial charge in [-0.05, 0) is 41.0 Å². The van der Waals surface area contributed by atoms with Gasteiger partial charge in [0.1, 0.15) is 11.5 Å². The van der Waals surface area contributed by atoms with Gasteiger partial charge in [-0.15, -0.1) is 0 Å². The number of ether oxygens (including phenoxy) is 2. The number of nitrogens with zero attached hydrogens (tertiary/aromatic N) is 1. The van der Waals surface area contributed by atoms with Crippen LogP contribution in [0.4, 0.5) is 5.69 Å². The highest BCUT2D eigenvalue weighted by atomic mass is 16.6. The molecule has 0 unspecified atom stereocenters. The molecule has 3 aromatic rings. The Hall–Kier alpha value is -4.19. The highest BCUT2D eigenvalue weighted by molar-refractivity contribution is 5.86. The smallest absolute Gasteiger partial charge is 0.336 e. The number of allylic oxidation sites excluding steroid dienone is 2. The summed E-state index contributed by atoms with van der Waals surface area (Å²) in [7, 11) is 1.61. The Labute approximate surface area is 173 Å². The standard InChI is InChI=1S/C24H19NO5/c1-29-22-10-5-9-19(17-22)23(18-7-3-2-4-8-18)11-6-12-24(26)30-21-15-13-20(14-16-21)25(27)28/h2-17H,1H3/b12-6+,23-11+. The lowest BCUT2D eigenvalue weighted by molar-refractivity contribution is -0.384. The quantitative estimate of drug-likeness (QED) is 0.136. The van der Waals surface area contributed by atoms with Crippen molar-refractivity contribution in [3.05, 3.63) is 118 Å². The van der Waals surface area contributed by atoms with Crippen molar-refractivity contribution in [3.8, 4) is 11.5 Å². The number of methoxy groups -OCH3 is 1. The van der Waals surface area contributed by atoms with Gasteiger partial charge in [-0.25, -0.2) is 4.79 Å². The first-order valence-electron chi connectivity index (χ1n) is 9.11. The van der Waals surface area contributed by atoms with E-state index >= 15 is 0 Å². The zero-order valence-corrected chi connectivity index (χ0v) is 16.2. The fourth-order valence-corrected chi connectivity index (χ4v) is 2.78. The molecule has 0 heterocycles. The lowest BCUT2D eigenvalue weighted by Gasteiger charge is -2.09. The zero-order chi connectivity index (χ0) is 21.3. The van der Waals surface area contributed by atoms with Crippen molar-refractivity contribution in [2.24, 2.45) is 0 Å². The third-order valence-corrected chi connectivity index (χ3v) is 4.23. The van der Waals surface area contributed by atoms with Crippen LogP contribution < -0.4 is 9.47 Å². The lowest BCUT2D eigenvalue weighted by Crippen LogP contribution is -2.03. The Morgan fingerprint density at radius 2 is 1.60 bits per heavy atom. The number of hydrogen-bond donors (Lipinski definition) is 0. The molecule has 3 rings (SSSR count). The average Bonchev–Trinajstić information content (AvgIpc) is 2.77. The van der Waals surface area contributed by atoms with Crippen LogP contribution in [-0.2, 0) is 4.79 Å². The molecule has 0 atom stereocenters. The van der Waals surface area contributed by atoms with E-state index in [0.717, 1.165) is 22.4 Å². The Bertz CT molecular complexity index is 1090. The Balaban J connectivity index is 1.80. The second kappa shape index (κ2) is 9.84. The second-order valence-corrected chi connectivity index (χ2v) is 6.21. The molecule has 0 saturated carbocycles. The Morgan fingerprint density at radius 1 is 0.900 bits per heavy atom. The molecule has 0 radical (unpaired) electrons. The topological polar surface area (TPSA) is 78.7 Å². The van der Waals surface area contributed by atoms with Crippen LogP contribution in [0.3, 0.4) is 0 Å². The molecular formula is C24H19NO5. The predicted octanol–water partition coefficient (Wildman–Crippen LogP) is 5.20. The molecule has 0 aliphatic rings. The highest BCUT2D eigenvalue weighted by Crippen LogP contribution is 2.26. The normalized spacial score (nSPS) is 11.3. The van der Waals surface area contributed by atoms with Crippen LogP contribution >= 0.6 is 0 Å². The molecule has 0 amide bonds. The highest BCUT2D eigenvalue weighted by Gasteiger charge is 2.07. The molecule has 6 heteroatoms. The minimum Gasteiger partial charge on any atom is -0.497 e. The van der Waals surface area contributed by atoms with E-state index in [9.17, 15) is 14.9 Å². The van der Waals surface area contributed by atoms with E-state index in [1.54, 1.807) is 13.2 Å². The summed E-state index contributed by atoms with van der Waals surface area (Å²) < 4.78 is 10.5. The van der Waals surface area contributed by atoms with Crippen molar-refractivity contribution in [2.45, 2.75) is 0 Å². The first-order chi connectivity index (χ1) is 14.6. The van der Waals surface area contributed by atoms with Crippen molar-refractivity contribution >= 4 is 17.2 Å². The molecule has 6 nitrogen and oxygen atoms in total. The average molecular weight is 401 g/mol. The van der Waals surface area contributed by atoms with Crippen LogP contribution in [0.1, 0.15) is 11.1 Å². The molecule has 30 heavy (non-hydrogen) atoms. The maximum atomic E-state index is 12.1. The summed E-state index contributed by atoms with van der Waals surface area (Å²) >= 11 is 0. The molecule has 0 aliphatic heterocycles. The summed E-state index contributed by atoms with van der Waals surface area (Å²) in [4.78, 5) is 22.3. The lowest BCUT2D eigenvalue weighted by atomic mass is 9.97. The van der Waals surface area contributed by atoms with Gasteiger partial charge in [0.15, 0.2) is 0 Å². The third kappa shape index (κ3) is 5.42. The minimum atomic E-state index is -0.585. The van der Waals surface area contributed by atoms with Gasteiger partial charge in [-0.1, -0.05) is 54.6 Å². The summed E-state index contributed by atoms with van der Waals surface area (Å²) in [5.41, 5.74) is 2.76. The van der Waals surface area contributed by atoms with Gasteiger partial charge in [-0.3, -0.25) is 10.1 Å². The van der Waals surface area contributed by atoms with E-state index in [0.29, 0.717) is 0 Å². The zero-order valence-electron chi connectivity index (χ0n) is 16.2. The van der Waals surface area contributed by atoms with E-state index in [4.69, 9.17) is 9.47 Å². The van der Waals surface area contributed by atoms with Gasteiger partial charge in [0.2, 0.25) is 0 Å². The Morgan fingerprint density at radius 3 is 2.27 bits per heavy atom. The van der Waals surface area contributed by atoms with E-state index in [1.807, 2.05) is 60.7 Å². The number of rotatable bonds is 7. The van der Waals surface area contributed by atoms with Crippen LogP contribution in [0.5, 0.6) is 11.5 Å². The predicted molar refractivity (Wildman–Crippen MR) is 114 cm³/mol. The molecule has 0 saturated heterocycles. The third-order valence-electron chi connectivity index (χ3n) is 4.23. The molecule has 0 spiro atoms. The Kier molecular flexibility index (Phi) is 6.74. The molecule has 0 bridgehead atoms. The van der Waals surface area contributed by atoms with E-state index < -0.39 is 10.9 Å². The fourth-order valence-electron chi connectivity index (χ4n) is 2.78. The molecule has 3 aromatic carbocycles. The first kappa shape index (κ1) is 20.5.